The van der Waals surface area contributed by atoms with Gasteiger partial charge in [-0.05, 0) is 17.0 Å². The number of carbonyl (C=O) groups excluding carboxylic acids is 1. The van der Waals surface area contributed by atoms with E-state index in [0.29, 0.717) is 0 Å². The fourth-order valence-electron chi connectivity index (χ4n) is 1.73. The third-order valence-corrected chi connectivity index (χ3v) is 3.54. The van der Waals surface area contributed by atoms with E-state index in [1.807, 2.05) is 41.8 Å². The first kappa shape index (κ1) is 13.3. The first-order valence-electron chi connectivity index (χ1n) is 5.74. The Hall–Kier alpha value is -2.14. The molecule has 0 saturated heterocycles. The van der Waals surface area contributed by atoms with Crippen molar-refractivity contribution in [2.45, 2.75) is 0 Å². The molecule has 2 rings (SSSR count). The Labute approximate surface area is 115 Å². The van der Waals surface area contributed by atoms with E-state index >= 15 is 0 Å². The van der Waals surface area contributed by atoms with Crippen molar-refractivity contribution in [2.75, 3.05) is 14.2 Å². The molecule has 0 fully saturated rings. The van der Waals surface area contributed by atoms with Gasteiger partial charge in [-0.3, -0.25) is 4.79 Å². The average Bonchev–Trinajstić information content (AvgIpc) is 2.94. The monoisotopic (exact) mass is 274 g/mol. The van der Waals surface area contributed by atoms with Gasteiger partial charge in [0.2, 0.25) is 0 Å². The highest BCUT2D eigenvalue weighted by atomic mass is 32.1. The number of nitrogens with zero attached hydrogens (tertiary/aromatic N) is 1. The van der Waals surface area contributed by atoms with Crippen molar-refractivity contribution in [2.24, 2.45) is 5.16 Å². The molecule has 0 bridgehead atoms. The van der Waals surface area contributed by atoms with Crippen LogP contribution in [0.4, 0.5) is 0 Å². The summed E-state index contributed by atoms with van der Waals surface area (Å²) < 4.78 is 0. The molecule has 0 aliphatic carbocycles. The molecule has 1 amide bonds. The fourth-order valence-corrected chi connectivity index (χ4v) is 2.64. The van der Waals surface area contributed by atoms with Crippen LogP contribution >= 0.6 is 11.3 Å². The third-order valence-electron chi connectivity index (χ3n) is 2.58. The highest BCUT2D eigenvalue weighted by molar-refractivity contribution is 7.14. The molecule has 1 N–H and O–H groups in total. The lowest BCUT2D eigenvalue weighted by Gasteiger charge is -2.06. The molecule has 19 heavy (non-hydrogen) atoms. The van der Waals surface area contributed by atoms with Crippen LogP contribution in [0.3, 0.4) is 0 Å². The molecule has 4 nitrogen and oxygen atoms in total. The molecule has 98 valence electrons. The zero-order valence-electron chi connectivity index (χ0n) is 10.7. The van der Waals surface area contributed by atoms with Crippen molar-refractivity contribution in [3.8, 4) is 10.4 Å². The Balaban J connectivity index is 2.49. The number of nitrogens with one attached hydrogen (secondary N) is 1. The Kier molecular flexibility index (Phi) is 4.30. The molecule has 1 heterocycles. The van der Waals surface area contributed by atoms with Crippen molar-refractivity contribution in [3.63, 3.8) is 0 Å². The normalized spacial score (nSPS) is 11.2. The van der Waals surface area contributed by atoms with Gasteiger partial charge in [-0.25, -0.2) is 0 Å². The number of likely N-dealkylation sites (N-methyl/N-ethyl adjacent to an activating group) is 1. The van der Waals surface area contributed by atoms with Gasteiger partial charge in [0.25, 0.3) is 5.91 Å². The molecule has 5 heteroatoms. The van der Waals surface area contributed by atoms with E-state index in [1.54, 1.807) is 18.4 Å². The van der Waals surface area contributed by atoms with Crippen molar-refractivity contribution in [3.05, 3.63) is 47.3 Å². The predicted octanol–water partition coefficient (Wildman–Crippen LogP) is 2.51. The van der Waals surface area contributed by atoms with E-state index in [9.17, 15) is 4.79 Å². The molecule has 2 aromatic rings. The summed E-state index contributed by atoms with van der Waals surface area (Å²) >= 11 is 1.57. The maximum atomic E-state index is 11.9. The Bertz CT molecular complexity index is 591. The zero-order valence-corrected chi connectivity index (χ0v) is 11.5. The fraction of sp³-hybridized carbons (Fsp3) is 0.143. The van der Waals surface area contributed by atoms with Crippen LogP contribution in [-0.2, 0) is 9.63 Å². The van der Waals surface area contributed by atoms with Crippen LogP contribution in [0.25, 0.3) is 10.4 Å². The van der Waals surface area contributed by atoms with Gasteiger partial charge in [0.15, 0.2) is 5.71 Å². The quantitative estimate of drug-likeness (QED) is 0.688. The lowest BCUT2D eigenvalue weighted by Crippen LogP contribution is -2.28. The largest absolute Gasteiger partial charge is 0.398 e. The summed E-state index contributed by atoms with van der Waals surface area (Å²) in [5.41, 5.74) is 2.11. The van der Waals surface area contributed by atoms with Gasteiger partial charge >= 0.3 is 0 Å². The van der Waals surface area contributed by atoms with Crippen LogP contribution in [0.1, 0.15) is 5.56 Å². The Morgan fingerprint density at radius 3 is 2.63 bits per heavy atom. The summed E-state index contributed by atoms with van der Waals surface area (Å²) in [7, 11) is 3.00. The van der Waals surface area contributed by atoms with Gasteiger partial charge in [-0.2, -0.15) is 0 Å². The molecular weight excluding hydrogens is 260 g/mol. The molecule has 0 spiro atoms. The molecule has 1 aromatic heterocycles. The average molecular weight is 274 g/mol. The maximum Gasteiger partial charge on any atom is 0.273 e. The van der Waals surface area contributed by atoms with Crippen molar-refractivity contribution >= 4 is 23.0 Å². The lowest BCUT2D eigenvalue weighted by molar-refractivity contribution is -0.114. The van der Waals surface area contributed by atoms with E-state index in [2.05, 4.69) is 10.5 Å². The minimum absolute atomic E-state index is 0.266. The van der Waals surface area contributed by atoms with E-state index in [4.69, 9.17) is 4.84 Å². The number of amides is 1. The first-order valence-corrected chi connectivity index (χ1v) is 6.62. The minimum Gasteiger partial charge on any atom is -0.398 e. The standard InChI is InChI=1S/C14H14N2O2S/c1-15-14(17)12(16-18-2)11-8-9-19-13(11)10-6-4-3-5-7-10/h3-9H,1-2H3,(H,15,17). The third kappa shape index (κ3) is 2.82. The second-order valence-electron chi connectivity index (χ2n) is 3.73. The van der Waals surface area contributed by atoms with Gasteiger partial charge in [0, 0.05) is 17.5 Å². The number of thiophene rings is 1. The predicted molar refractivity (Wildman–Crippen MR) is 77.4 cm³/mol. The molecule has 0 aliphatic heterocycles. The summed E-state index contributed by atoms with van der Waals surface area (Å²) in [5, 5.41) is 8.34. The number of carbonyl (C=O) groups is 1. The molecule has 0 saturated carbocycles. The van der Waals surface area contributed by atoms with Gasteiger partial charge in [0.05, 0.1) is 0 Å². The van der Waals surface area contributed by atoms with E-state index in [1.165, 1.54) is 7.11 Å². The van der Waals surface area contributed by atoms with Gasteiger partial charge < -0.3 is 10.2 Å². The highest BCUT2D eigenvalue weighted by Crippen LogP contribution is 2.30. The summed E-state index contributed by atoms with van der Waals surface area (Å²) in [6.07, 6.45) is 0. The number of benzene rings is 1. The smallest absolute Gasteiger partial charge is 0.273 e. The molecule has 0 aliphatic rings. The molecule has 1 aromatic carbocycles. The Morgan fingerprint density at radius 1 is 1.26 bits per heavy atom. The van der Waals surface area contributed by atoms with Crippen LogP contribution in [0.15, 0.2) is 46.9 Å². The summed E-state index contributed by atoms with van der Waals surface area (Å²) in [6, 6.07) is 11.8. The van der Waals surface area contributed by atoms with E-state index in [-0.39, 0.29) is 11.6 Å². The number of hydrogen-bond acceptors (Lipinski definition) is 4. The van der Waals surface area contributed by atoms with Crippen molar-refractivity contribution in [1.29, 1.82) is 0 Å². The SMILES string of the molecule is CNC(=O)C(=NOC)c1ccsc1-c1ccccc1. The van der Waals surface area contributed by atoms with Crippen LogP contribution in [0, 0.1) is 0 Å². The van der Waals surface area contributed by atoms with E-state index in [0.717, 1.165) is 16.0 Å². The van der Waals surface area contributed by atoms with Crippen molar-refractivity contribution in [1.82, 2.24) is 5.32 Å². The van der Waals surface area contributed by atoms with Gasteiger partial charge in [-0.15, -0.1) is 11.3 Å². The maximum absolute atomic E-state index is 11.9. The van der Waals surface area contributed by atoms with E-state index < -0.39 is 0 Å². The molecule has 0 atom stereocenters. The second kappa shape index (κ2) is 6.15. The van der Waals surface area contributed by atoms with Gasteiger partial charge in [0.1, 0.15) is 7.11 Å². The van der Waals surface area contributed by atoms with Crippen LogP contribution < -0.4 is 5.32 Å². The minimum atomic E-state index is -0.266. The molecular formula is C14H14N2O2S. The van der Waals surface area contributed by atoms with Crippen molar-refractivity contribution < 1.29 is 9.63 Å². The van der Waals surface area contributed by atoms with Gasteiger partial charge in [-0.1, -0.05) is 35.5 Å². The zero-order chi connectivity index (χ0) is 13.7. The number of oxime groups is 1. The van der Waals surface area contributed by atoms with Crippen LogP contribution in [0.2, 0.25) is 0 Å². The topological polar surface area (TPSA) is 50.7 Å². The van der Waals surface area contributed by atoms with Crippen LogP contribution in [-0.4, -0.2) is 25.8 Å². The Morgan fingerprint density at radius 2 is 2.00 bits per heavy atom. The number of rotatable bonds is 4. The van der Waals surface area contributed by atoms with Crippen LogP contribution in [0.5, 0.6) is 0 Å². The lowest BCUT2D eigenvalue weighted by atomic mass is 10.1. The summed E-state index contributed by atoms with van der Waals surface area (Å²) in [5.74, 6) is -0.266. The second-order valence-corrected chi connectivity index (χ2v) is 4.65. The summed E-state index contributed by atoms with van der Waals surface area (Å²) in [4.78, 5) is 17.6. The first-order chi connectivity index (χ1) is 9.27. The summed E-state index contributed by atoms with van der Waals surface area (Å²) in [6.45, 7) is 0. The molecule has 0 radical (unpaired) electrons. The molecule has 0 unspecified atom stereocenters. The highest BCUT2D eigenvalue weighted by Gasteiger charge is 2.19. The number of hydrogen-bond donors (Lipinski definition) is 1.